The third-order valence-corrected chi connectivity index (χ3v) is 9.42. The van der Waals surface area contributed by atoms with E-state index in [9.17, 15) is 4.79 Å². The predicted molar refractivity (Wildman–Crippen MR) is 186 cm³/mol. The van der Waals surface area contributed by atoms with Crippen LogP contribution in [-0.4, -0.2) is 84.8 Å². The largest absolute Gasteiger partial charge is 0.459 e. The molecule has 244 valence electrons. The molecule has 1 amide bonds. The molecular formula is C38H44N6O3. The average Bonchev–Trinajstić information content (AvgIpc) is 3.09. The Morgan fingerprint density at radius 1 is 0.957 bits per heavy atom. The number of benzene rings is 3. The monoisotopic (exact) mass is 632 g/mol. The number of hydrogen-bond donors (Lipinski definition) is 0. The van der Waals surface area contributed by atoms with Gasteiger partial charge in [-0.05, 0) is 56.8 Å². The van der Waals surface area contributed by atoms with Crippen molar-refractivity contribution in [1.82, 2.24) is 19.8 Å². The molecule has 0 radical (unpaired) electrons. The van der Waals surface area contributed by atoms with E-state index in [0.717, 1.165) is 55.8 Å². The summed E-state index contributed by atoms with van der Waals surface area (Å²) >= 11 is 0. The highest BCUT2D eigenvalue weighted by molar-refractivity contribution is 5.94. The molecule has 0 aliphatic carbocycles. The van der Waals surface area contributed by atoms with Gasteiger partial charge in [0.2, 0.25) is 0 Å². The van der Waals surface area contributed by atoms with Crippen molar-refractivity contribution in [3.05, 3.63) is 102 Å². The van der Waals surface area contributed by atoms with Gasteiger partial charge in [-0.3, -0.25) is 0 Å². The van der Waals surface area contributed by atoms with Gasteiger partial charge in [0.25, 0.3) is 0 Å². The number of carbonyl (C=O) groups is 1. The van der Waals surface area contributed by atoms with Gasteiger partial charge in [-0.15, -0.1) is 0 Å². The van der Waals surface area contributed by atoms with Crippen molar-refractivity contribution in [3.8, 4) is 6.01 Å². The number of fused-ring (bicyclic) bond motifs is 7. The van der Waals surface area contributed by atoms with Crippen molar-refractivity contribution >= 4 is 28.4 Å². The lowest BCUT2D eigenvalue weighted by molar-refractivity contribution is 0.0887. The molecule has 0 N–H and O–H groups in total. The molecule has 0 saturated carbocycles. The zero-order chi connectivity index (χ0) is 32.2. The number of ether oxygens (including phenoxy) is 2. The summed E-state index contributed by atoms with van der Waals surface area (Å²) in [6.45, 7) is 4.41. The second-order valence-electron chi connectivity index (χ2n) is 13.0. The molecule has 3 aliphatic rings. The quantitative estimate of drug-likeness (QED) is 0.246. The third-order valence-electron chi connectivity index (χ3n) is 9.42. The molecule has 9 heteroatoms. The second-order valence-corrected chi connectivity index (χ2v) is 13.0. The topological polar surface area (TPSA) is 74.3 Å². The first kappa shape index (κ1) is 31.0. The van der Waals surface area contributed by atoms with Crippen LogP contribution in [0.3, 0.4) is 0 Å². The van der Waals surface area contributed by atoms with Crippen LogP contribution in [0.1, 0.15) is 36.1 Å². The number of carbonyl (C=O) groups excluding carboxylic acids is 1. The number of hydrogen-bond acceptors (Lipinski definition) is 8. The Labute approximate surface area is 277 Å². The number of nitrogens with zero attached hydrogens (tertiary/aromatic N) is 6. The molecule has 47 heavy (non-hydrogen) atoms. The van der Waals surface area contributed by atoms with Crippen LogP contribution in [0.2, 0.25) is 0 Å². The summed E-state index contributed by atoms with van der Waals surface area (Å²) in [5.74, 6) is 0.947. The van der Waals surface area contributed by atoms with Crippen LogP contribution >= 0.6 is 0 Å². The van der Waals surface area contributed by atoms with E-state index in [1.807, 2.05) is 35.2 Å². The number of amides is 1. The summed E-state index contributed by atoms with van der Waals surface area (Å²) in [5, 5.41) is 2.49. The second kappa shape index (κ2) is 14.0. The predicted octanol–water partition coefficient (Wildman–Crippen LogP) is 6.07. The fourth-order valence-electron chi connectivity index (χ4n) is 7.08. The fourth-order valence-corrected chi connectivity index (χ4v) is 7.08. The minimum atomic E-state index is -0.269. The Balaban J connectivity index is 1.19. The van der Waals surface area contributed by atoms with Gasteiger partial charge in [0.15, 0.2) is 0 Å². The average molecular weight is 633 g/mol. The Bertz CT molecular complexity index is 1720. The Morgan fingerprint density at radius 2 is 1.79 bits per heavy atom. The molecule has 3 aliphatic heterocycles. The van der Waals surface area contributed by atoms with Crippen LogP contribution in [0, 0.1) is 0 Å². The highest BCUT2D eigenvalue weighted by Gasteiger charge is 2.35. The van der Waals surface area contributed by atoms with Crippen LogP contribution in [0.4, 0.5) is 16.3 Å². The first-order valence-electron chi connectivity index (χ1n) is 16.8. The Hall–Kier alpha value is -4.63. The lowest BCUT2D eigenvalue weighted by atomic mass is 10.00. The minimum absolute atomic E-state index is 0.0234. The van der Waals surface area contributed by atoms with Gasteiger partial charge in [-0.1, -0.05) is 78.9 Å². The zero-order valence-corrected chi connectivity index (χ0v) is 27.4. The SMILES string of the molecule is CN(C)CC1CC/C=C\CC2CN(C(=O)OCc3ccccc3)CCN2c2nc(nc3c2CCN(c2cccc4ccccc24)C3)O1. The number of allylic oxidation sites excluding steroid dienone is 1. The summed E-state index contributed by atoms with van der Waals surface area (Å²) in [4.78, 5) is 32.3. The van der Waals surface area contributed by atoms with E-state index in [-0.39, 0.29) is 24.8 Å². The van der Waals surface area contributed by atoms with Gasteiger partial charge in [0, 0.05) is 49.4 Å². The Morgan fingerprint density at radius 3 is 2.66 bits per heavy atom. The van der Waals surface area contributed by atoms with Gasteiger partial charge in [-0.25, -0.2) is 4.79 Å². The van der Waals surface area contributed by atoms with Crippen molar-refractivity contribution < 1.29 is 14.3 Å². The van der Waals surface area contributed by atoms with Crippen molar-refractivity contribution in [2.24, 2.45) is 0 Å². The van der Waals surface area contributed by atoms with Crippen molar-refractivity contribution in [3.63, 3.8) is 0 Å². The van der Waals surface area contributed by atoms with Crippen molar-refractivity contribution in [2.45, 2.75) is 51.0 Å². The maximum absolute atomic E-state index is 13.2. The van der Waals surface area contributed by atoms with Gasteiger partial charge >= 0.3 is 12.1 Å². The number of rotatable bonds is 5. The van der Waals surface area contributed by atoms with Gasteiger partial charge < -0.3 is 29.1 Å². The summed E-state index contributed by atoms with van der Waals surface area (Å²) in [6.07, 6.45) is 7.65. The molecule has 2 atom stereocenters. The third kappa shape index (κ3) is 7.05. The molecule has 7 rings (SSSR count). The van der Waals surface area contributed by atoms with Crippen molar-refractivity contribution in [2.75, 3.05) is 56.6 Å². The van der Waals surface area contributed by atoms with Crippen LogP contribution in [-0.2, 0) is 24.3 Å². The molecule has 4 heterocycles. The number of piperazine rings is 1. The van der Waals surface area contributed by atoms with Crippen LogP contribution < -0.4 is 14.5 Å². The Kier molecular flexibility index (Phi) is 9.24. The standard InChI is InChI=1S/C38H44N6O3/c1-41(2)25-31-17-8-4-7-16-30-24-43(38(45)46-27-28-12-5-3-6-13-28)22-23-44(30)36-33-20-21-42(26-34(33)39-37(40-36)47-31)35-19-11-15-29-14-9-10-18-32(29)35/h3-7,9-15,18-19,30-31H,8,16-17,20-27H2,1-2H3/b7-4-. The first-order valence-corrected chi connectivity index (χ1v) is 16.8. The molecule has 1 aromatic heterocycles. The summed E-state index contributed by atoms with van der Waals surface area (Å²) in [6, 6.07) is 25.4. The molecule has 1 saturated heterocycles. The van der Waals surface area contributed by atoms with Crippen LogP contribution in [0.5, 0.6) is 6.01 Å². The summed E-state index contributed by atoms with van der Waals surface area (Å²) < 4.78 is 12.3. The molecular weight excluding hydrogens is 588 g/mol. The highest BCUT2D eigenvalue weighted by Crippen LogP contribution is 2.36. The van der Waals surface area contributed by atoms with Gasteiger partial charge in [0.05, 0.1) is 18.3 Å². The van der Waals surface area contributed by atoms with E-state index in [1.54, 1.807) is 0 Å². The maximum atomic E-state index is 13.2. The van der Waals surface area contributed by atoms with E-state index in [2.05, 4.69) is 83.4 Å². The first-order chi connectivity index (χ1) is 23.0. The van der Waals surface area contributed by atoms with E-state index in [0.29, 0.717) is 32.2 Å². The molecule has 2 unspecified atom stereocenters. The van der Waals surface area contributed by atoms with Crippen molar-refractivity contribution in [1.29, 1.82) is 0 Å². The molecule has 9 nitrogen and oxygen atoms in total. The smallest absolute Gasteiger partial charge is 0.410 e. The maximum Gasteiger partial charge on any atom is 0.410 e. The van der Waals surface area contributed by atoms with E-state index in [1.165, 1.54) is 22.0 Å². The molecule has 1 fully saturated rings. The van der Waals surface area contributed by atoms with E-state index in [4.69, 9.17) is 19.4 Å². The molecule has 2 bridgehead atoms. The van der Waals surface area contributed by atoms with E-state index >= 15 is 0 Å². The van der Waals surface area contributed by atoms with Gasteiger partial charge in [-0.2, -0.15) is 9.97 Å². The minimum Gasteiger partial charge on any atom is -0.459 e. The number of aromatic nitrogens is 2. The highest BCUT2D eigenvalue weighted by atomic mass is 16.6. The van der Waals surface area contributed by atoms with Crippen LogP contribution in [0.15, 0.2) is 84.9 Å². The summed E-state index contributed by atoms with van der Waals surface area (Å²) in [7, 11) is 4.15. The van der Waals surface area contributed by atoms with Crippen LogP contribution in [0.25, 0.3) is 10.8 Å². The van der Waals surface area contributed by atoms with E-state index < -0.39 is 0 Å². The lowest BCUT2D eigenvalue weighted by Crippen LogP contribution is -2.55. The zero-order valence-electron chi connectivity index (χ0n) is 27.4. The molecule has 3 aromatic carbocycles. The number of anilines is 2. The lowest BCUT2D eigenvalue weighted by Gasteiger charge is -2.43. The normalized spacial score (nSPS) is 20.4. The summed E-state index contributed by atoms with van der Waals surface area (Å²) in [5.41, 5.74) is 4.41. The fraction of sp³-hybridized carbons (Fsp3) is 0.395. The number of likely N-dealkylation sites (N-methyl/N-ethyl adjacent to an activating group) is 1. The molecule has 0 spiro atoms. The van der Waals surface area contributed by atoms with Gasteiger partial charge in [0.1, 0.15) is 18.5 Å². The molecule has 4 aromatic rings.